The van der Waals surface area contributed by atoms with Gasteiger partial charge in [-0.15, -0.1) is 0 Å². The minimum absolute atomic E-state index is 0.504. The maximum atomic E-state index is 5.70. The predicted octanol–water partition coefficient (Wildman–Crippen LogP) is 2.03. The van der Waals surface area contributed by atoms with E-state index in [1.54, 1.807) is 12.1 Å². The molecule has 3 rings (SSSR count). The Morgan fingerprint density at radius 3 is 3.11 bits per heavy atom. The van der Waals surface area contributed by atoms with Crippen LogP contribution < -0.4 is 11.1 Å². The second kappa shape index (κ2) is 4.64. The number of benzene rings is 1. The third-order valence-electron chi connectivity index (χ3n) is 2.79. The highest BCUT2D eigenvalue weighted by Crippen LogP contribution is 2.20. The molecule has 0 saturated heterocycles. The molecule has 6 nitrogen and oxygen atoms in total. The number of nitrogens with two attached hydrogens (primary N) is 1. The van der Waals surface area contributed by atoms with E-state index in [9.17, 15) is 0 Å². The van der Waals surface area contributed by atoms with Crippen LogP contribution in [0.2, 0.25) is 0 Å². The smallest absolute Gasteiger partial charge is 0.295 e. The molecule has 0 unspecified atom stereocenters. The Hall–Kier alpha value is -2.50. The Bertz CT molecular complexity index is 700. The van der Waals surface area contributed by atoms with Gasteiger partial charge in [-0.2, -0.15) is 10.1 Å². The van der Waals surface area contributed by atoms with Crippen LogP contribution in [0.25, 0.3) is 11.1 Å². The van der Waals surface area contributed by atoms with Gasteiger partial charge in [0.15, 0.2) is 5.58 Å². The Morgan fingerprint density at radius 1 is 1.42 bits per heavy atom. The van der Waals surface area contributed by atoms with Gasteiger partial charge in [0.25, 0.3) is 6.01 Å². The Balaban J connectivity index is 1.65. The van der Waals surface area contributed by atoms with Crippen molar-refractivity contribution in [3.8, 4) is 0 Å². The molecule has 0 aliphatic carbocycles. The number of oxazole rings is 1. The molecule has 0 aliphatic rings. The Labute approximate surface area is 110 Å². The van der Waals surface area contributed by atoms with Crippen LogP contribution >= 0.6 is 0 Å². The number of nitrogens with zero attached hydrogens (tertiary/aromatic N) is 3. The summed E-state index contributed by atoms with van der Waals surface area (Å²) in [5.41, 5.74) is 9.02. The van der Waals surface area contributed by atoms with Crippen LogP contribution in [0.5, 0.6) is 0 Å². The van der Waals surface area contributed by atoms with Gasteiger partial charge in [-0.1, -0.05) is 0 Å². The molecule has 0 spiro atoms. The molecule has 0 amide bonds. The first kappa shape index (κ1) is 11.6. The molecular weight excluding hydrogens is 242 g/mol. The highest BCUT2D eigenvalue weighted by atomic mass is 16.4. The first-order valence-corrected chi connectivity index (χ1v) is 6.10. The van der Waals surface area contributed by atoms with Crippen molar-refractivity contribution in [1.82, 2.24) is 14.8 Å². The fraction of sp³-hybridized carbons (Fsp3) is 0.231. The third kappa shape index (κ3) is 2.52. The molecule has 6 heteroatoms. The minimum Gasteiger partial charge on any atom is -0.424 e. The summed E-state index contributed by atoms with van der Waals surface area (Å²) in [6.45, 7) is 3.47. The molecule has 0 saturated carbocycles. The molecule has 0 atom stereocenters. The highest BCUT2D eigenvalue weighted by molar-refractivity contribution is 5.78. The van der Waals surface area contributed by atoms with E-state index in [4.69, 9.17) is 10.2 Å². The zero-order valence-corrected chi connectivity index (χ0v) is 10.6. The van der Waals surface area contributed by atoms with Gasteiger partial charge < -0.3 is 15.5 Å². The lowest BCUT2D eigenvalue weighted by atomic mass is 10.3. The van der Waals surface area contributed by atoms with E-state index < -0.39 is 0 Å². The molecule has 2 heterocycles. The zero-order valence-electron chi connectivity index (χ0n) is 10.6. The van der Waals surface area contributed by atoms with Gasteiger partial charge in [-0.25, -0.2) is 0 Å². The van der Waals surface area contributed by atoms with Gasteiger partial charge >= 0.3 is 0 Å². The number of hydrogen-bond donors (Lipinski definition) is 2. The van der Waals surface area contributed by atoms with Crippen LogP contribution in [0.4, 0.5) is 11.7 Å². The molecule has 3 N–H and O–H groups in total. The Morgan fingerprint density at radius 2 is 2.32 bits per heavy atom. The van der Waals surface area contributed by atoms with Crippen LogP contribution in [-0.4, -0.2) is 21.3 Å². The molecule has 19 heavy (non-hydrogen) atoms. The van der Waals surface area contributed by atoms with E-state index in [2.05, 4.69) is 15.4 Å². The van der Waals surface area contributed by atoms with Crippen molar-refractivity contribution in [2.45, 2.75) is 13.5 Å². The third-order valence-corrected chi connectivity index (χ3v) is 2.79. The summed E-state index contributed by atoms with van der Waals surface area (Å²) in [6.07, 6.45) is 3.83. The normalized spacial score (nSPS) is 11.0. The molecule has 0 radical (unpaired) electrons. The summed E-state index contributed by atoms with van der Waals surface area (Å²) in [5, 5.41) is 7.34. The van der Waals surface area contributed by atoms with Gasteiger partial charge in [-0.05, 0) is 30.7 Å². The molecule has 0 bridgehead atoms. The van der Waals surface area contributed by atoms with Crippen LogP contribution in [0.3, 0.4) is 0 Å². The van der Waals surface area contributed by atoms with E-state index in [0.717, 1.165) is 23.2 Å². The van der Waals surface area contributed by atoms with E-state index in [0.29, 0.717) is 18.2 Å². The van der Waals surface area contributed by atoms with Crippen molar-refractivity contribution in [3.63, 3.8) is 0 Å². The number of anilines is 2. The van der Waals surface area contributed by atoms with Gasteiger partial charge in [0.2, 0.25) is 0 Å². The number of aromatic nitrogens is 3. The van der Waals surface area contributed by atoms with Crippen molar-refractivity contribution in [2.24, 2.45) is 0 Å². The van der Waals surface area contributed by atoms with Crippen molar-refractivity contribution in [2.75, 3.05) is 17.6 Å². The SMILES string of the molecule is Cc1cnn(CCNc2nc3cc(N)ccc3o2)c1. The summed E-state index contributed by atoms with van der Waals surface area (Å²) >= 11 is 0. The molecule has 0 aliphatic heterocycles. The number of nitrogens with one attached hydrogen (secondary N) is 1. The minimum atomic E-state index is 0.504. The van der Waals surface area contributed by atoms with Gasteiger partial charge in [-0.3, -0.25) is 4.68 Å². The van der Waals surface area contributed by atoms with Crippen molar-refractivity contribution in [3.05, 3.63) is 36.2 Å². The first-order chi connectivity index (χ1) is 9.20. The summed E-state index contributed by atoms with van der Waals surface area (Å²) in [7, 11) is 0. The van der Waals surface area contributed by atoms with E-state index >= 15 is 0 Å². The maximum Gasteiger partial charge on any atom is 0.295 e. The van der Waals surface area contributed by atoms with E-state index in [1.807, 2.05) is 30.1 Å². The fourth-order valence-electron chi connectivity index (χ4n) is 1.89. The second-order valence-electron chi connectivity index (χ2n) is 4.45. The molecule has 0 fully saturated rings. The summed E-state index contributed by atoms with van der Waals surface area (Å²) in [6, 6.07) is 5.91. The summed E-state index contributed by atoms with van der Waals surface area (Å²) in [4.78, 5) is 4.32. The Kier molecular flexibility index (Phi) is 2.83. The van der Waals surface area contributed by atoms with Crippen LogP contribution in [0.1, 0.15) is 5.56 Å². The summed E-state index contributed by atoms with van der Waals surface area (Å²) < 4.78 is 7.44. The monoisotopic (exact) mass is 257 g/mol. The fourth-order valence-corrected chi connectivity index (χ4v) is 1.89. The molecular formula is C13H15N5O. The zero-order chi connectivity index (χ0) is 13.2. The van der Waals surface area contributed by atoms with Gasteiger partial charge in [0.05, 0.1) is 12.7 Å². The van der Waals surface area contributed by atoms with E-state index in [-0.39, 0.29) is 0 Å². The van der Waals surface area contributed by atoms with Crippen LogP contribution in [0.15, 0.2) is 35.0 Å². The first-order valence-electron chi connectivity index (χ1n) is 6.10. The lowest BCUT2D eigenvalue weighted by molar-refractivity contribution is 0.592. The standard InChI is InChI=1S/C13H15N5O/c1-9-7-16-18(8-9)5-4-15-13-17-11-6-10(14)2-3-12(11)19-13/h2-3,6-8H,4-5,14H2,1H3,(H,15,17). The lowest BCUT2D eigenvalue weighted by Crippen LogP contribution is -2.10. The van der Waals surface area contributed by atoms with Gasteiger partial charge in [0.1, 0.15) is 5.52 Å². The number of fused-ring (bicyclic) bond motifs is 1. The average Bonchev–Trinajstić information content (AvgIpc) is 2.95. The van der Waals surface area contributed by atoms with Crippen LogP contribution in [-0.2, 0) is 6.54 Å². The van der Waals surface area contributed by atoms with Crippen LogP contribution in [0, 0.1) is 6.92 Å². The number of nitrogen functional groups attached to an aromatic ring is 1. The highest BCUT2D eigenvalue weighted by Gasteiger charge is 2.05. The number of rotatable bonds is 4. The second-order valence-corrected chi connectivity index (χ2v) is 4.45. The topological polar surface area (TPSA) is 81.9 Å². The number of hydrogen-bond acceptors (Lipinski definition) is 5. The lowest BCUT2D eigenvalue weighted by Gasteiger charge is -2.01. The van der Waals surface area contributed by atoms with Gasteiger partial charge in [0, 0.05) is 18.4 Å². The van der Waals surface area contributed by atoms with E-state index in [1.165, 1.54) is 0 Å². The predicted molar refractivity (Wildman–Crippen MR) is 73.9 cm³/mol. The maximum absolute atomic E-state index is 5.70. The molecule has 1 aromatic carbocycles. The number of aryl methyl sites for hydroxylation is 1. The molecule has 2 aromatic heterocycles. The average molecular weight is 257 g/mol. The van der Waals surface area contributed by atoms with Crippen molar-refractivity contribution >= 4 is 22.8 Å². The molecule has 98 valence electrons. The van der Waals surface area contributed by atoms with Crippen molar-refractivity contribution in [1.29, 1.82) is 0 Å². The van der Waals surface area contributed by atoms with Crippen molar-refractivity contribution < 1.29 is 4.42 Å². The largest absolute Gasteiger partial charge is 0.424 e. The summed E-state index contributed by atoms with van der Waals surface area (Å²) in [5.74, 6) is 0. The quantitative estimate of drug-likeness (QED) is 0.699. The molecule has 3 aromatic rings.